The second kappa shape index (κ2) is 8.97. The fourth-order valence-corrected chi connectivity index (χ4v) is 5.48. The summed E-state index contributed by atoms with van der Waals surface area (Å²) in [5.41, 5.74) is 0.441. The number of nitrogens with one attached hydrogen (secondary N) is 1. The average Bonchev–Trinajstić information content (AvgIpc) is 3.43. The molecule has 2 aromatic rings. The Morgan fingerprint density at radius 3 is 2.58 bits per heavy atom. The van der Waals surface area contributed by atoms with Gasteiger partial charge in [0.2, 0.25) is 0 Å². The van der Waals surface area contributed by atoms with Gasteiger partial charge in [-0.2, -0.15) is 0 Å². The maximum absolute atomic E-state index is 13.0. The summed E-state index contributed by atoms with van der Waals surface area (Å²) < 4.78 is 11.4. The van der Waals surface area contributed by atoms with Gasteiger partial charge in [0.05, 0.1) is 13.2 Å². The molecule has 31 heavy (non-hydrogen) atoms. The van der Waals surface area contributed by atoms with Crippen molar-refractivity contribution >= 4 is 22.5 Å². The highest BCUT2D eigenvalue weighted by atomic mass is 16.5. The number of benzene rings is 2. The van der Waals surface area contributed by atoms with E-state index in [0.717, 1.165) is 61.7 Å². The number of morpholine rings is 1. The van der Waals surface area contributed by atoms with Crippen molar-refractivity contribution in [1.82, 2.24) is 10.2 Å². The lowest BCUT2D eigenvalue weighted by atomic mass is 9.94. The first-order valence-corrected chi connectivity index (χ1v) is 11.5. The van der Waals surface area contributed by atoms with Crippen LogP contribution in [0.2, 0.25) is 0 Å². The number of carbonyl (C=O) groups excluding carboxylic acids is 2. The van der Waals surface area contributed by atoms with Crippen LogP contribution in [0.5, 0.6) is 5.75 Å². The molecule has 1 saturated heterocycles. The lowest BCUT2D eigenvalue weighted by molar-refractivity contribution is -0.118. The third-order valence-electron chi connectivity index (χ3n) is 7.16. The highest BCUT2D eigenvalue weighted by Crippen LogP contribution is 2.44. The van der Waals surface area contributed by atoms with Crippen LogP contribution >= 0.6 is 0 Å². The highest BCUT2D eigenvalue weighted by molar-refractivity contribution is 6.45. The number of hydrogen-bond acceptors (Lipinski definition) is 5. The molecule has 1 N–H and O–H groups in total. The van der Waals surface area contributed by atoms with Crippen LogP contribution < -0.4 is 10.1 Å². The lowest BCUT2D eigenvalue weighted by Gasteiger charge is -2.26. The predicted molar refractivity (Wildman–Crippen MR) is 118 cm³/mol. The average molecular weight is 423 g/mol. The summed E-state index contributed by atoms with van der Waals surface area (Å²) in [7, 11) is 0. The summed E-state index contributed by atoms with van der Waals surface area (Å²) in [6, 6.07) is 11.4. The first-order valence-electron chi connectivity index (χ1n) is 11.5. The van der Waals surface area contributed by atoms with Gasteiger partial charge in [-0.3, -0.25) is 14.5 Å². The van der Waals surface area contributed by atoms with Crippen molar-refractivity contribution in [3.8, 4) is 5.75 Å². The van der Waals surface area contributed by atoms with Crippen molar-refractivity contribution in [3.63, 3.8) is 0 Å². The summed E-state index contributed by atoms with van der Waals surface area (Å²) in [6.45, 7) is 4.80. The summed E-state index contributed by atoms with van der Waals surface area (Å²) in [6.07, 6.45) is 4.64. The van der Waals surface area contributed by atoms with Gasteiger partial charge < -0.3 is 14.8 Å². The molecule has 1 heterocycles. The van der Waals surface area contributed by atoms with Crippen molar-refractivity contribution in [2.45, 2.75) is 31.7 Å². The Kier molecular flexibility index (Phi) is 5.92. The van der Waals surface area contributed by atoms with Crippen LogP contribution in [-0.2, 0) is 9.53 Å². The summed E-state index contributed by atoms with van der Waals surface area (Å²) in [4.78, 5) is 28.1. The molecule has 2 bridgehead atoms. The molecule has 2 aliphatic carbocycles. The van der Waals surface area contributed by atoms with Crippen LogP contribution in [-0.4, -0.2) is 62.1 Å². The van der Waals surface area contributed by atoms with E-state index in [4.69, 9.17) is 9.47 Å². The van der Waals surface area contributed by atoms with E-state index in [9.17, 15) is 9.59 Å². The largest absolute Gasteiger partial charge is 0.492 e. The molecule has 3 aliphatic rings. The van der Waals surface area contributed by atoms with Gasteiger partial charge in [-0.15, -0.1) is 0 Å². The topological polar surface area (TPSA) is 67.9 Å². The Balaban J connectivity index is 1.28. The fraction of sp³-hybridized carbons (Fsp3) is 0.520. The van der Waals surface area contributed by atoms with Gasteiger partial charge in [0, 0.05) is 36.6 Å². The molecule has 1 aliphatic heterocycles. The number of fused-ring (bicyclic) bond motifs is 3. The monoisotopic (exact) mass is 422 g/mol. The minimum Gasteiger partial charge on any atom is -0.492 e. The molecule has 0 aromatic heterocycles. The molecule has 3 fully saturated rings. The second-order valence-corrected chi connectivity index (χ2v) is 9.04. The van der Waals surface area contributed by atoms with Gasteiger partial charge in [0.1, 0.15) is 12.4 Å². The lowest BCUT2D eigenvalue weighted by Crippen LogP contribution is -2.42. The van der Waals surface area contributed by atoms with Gasteiger partial charge in [0.25, 0.3) is 11.7 Å². The van der Waals surface area contributed by atoms with Crippen LogP contribution in [0.1, 0.15) is 36.0 Å². The maximum atomic E-state index is 13.0. The highest BCUT2D eigenvalue weighted by Gasteiger charge is 2.40. The Morgan fingerprint density at radius 2 is 1.84 bits per heavy atom. The molecule has 1 amide bonds. The van der Waals surface area contributed by atoms with Crippen molar-refractivity contribution in [2.24, 2.45) is 11.8 Å². The molecule has 3 atom stereocenters. The molecular formula is C25H30N2O4. The van der Waals surface area contributed by atoms with Gasteiger partial charge in [-0.05, 0) is 48.6 Å². The molecule has 2 saturated carbocycles. The zero-order valence-electron chi connectivity index (χ0n) is 17.8. The molecule has 6 heteroatoms. The molecule has 164 valence electrons. The second-order valence-electron chi connectivity index (χ2n) is 9.04. The van der Waals surface area contributed by atoms with E-state index in [2.05, 4.69) is 10.2 Å². The van der Waals surface area contributed by atoms with E-state index in [0.29, 0.717) is 18.1 Å². The van der Waals surface area contributed by atoms with Crippen LogP contribution in [0.15, 0.2) is 36.4 Å². The Morgan fingerprint density at radius 1 is 1.03 bits per heavy atom. The number of nitrogens with zero attached hydrogens (tertiary/aromatic N) is 1. The predicted octanol–water partition coefficient (Wildman–Crippen LogP) is 3.04. The van der Waals surface area contributed by atoms with Crippen LogP contribution in [0.3, 0.4) is 0 Å². The number of rotatable bonds is 7. The maximum Gasteiger partial charge on any atom is 0.292 e. The standard InChI is InChI=1S/C25H30N2O4/c28-24(25(29)26-22-16-17-5-6-18(22)15-17)21-7-8-23(20-4-2-1-3-19(20)21)31-14-11-27-9-12-30-13-10-27/h1-4,7-8,17-18,22H,5-6,9-16H2,(H,26,29)/t17-,18+,22+/m0/s1. The van der Waals surface area contributed by atoms with E-state index < -0.39 is 11.7 Å². The van der Waals surface area contributed by atoms with Crippen LogP contribution in [0, 0.1) is 11.8 Å². The summed E-state index contributed by atoms with van der Waals surface area (Å²) in [5.74, 6) is 1.07. The van der Waals surface area contributed by atoms with Crippen molar-refractivity contribution in [2.75, 3.05) is 39.5 Å². The number of amides is 1. The minimum absolute atomic E-state index is 0.157. The molecule has 5 rings (SSSR count). The van der Waals surface area contributed by atoms with E-state index in [1.165, 1.54) is 19.3 Å². The third-order valence-corrected chi connectivity index (χ3v) is 7.16. The van der Waals surface area contributed by atoms with Crippen molar-refractivity contribution < 1.29 is 19.1 Å². The van der Waals surface area contributed by atoms with Gasteiger partial charge in [-0.1, -0.05) is 30.7 Å². The van der Waals surface area contributed by atoms with Gasteiger partial charge >= 0.3 is 0 Å². The molecule has 2 aromatic carbocycles. The van der Waals surface area contributed by atoms with E-state index in [1.54, 1.807) is 6.07 Å². The van der Waals surface area contributed by atoms with Gasteiger partial charge in [-0.25, -0.2) is 0 Å². The quantitative estimate of drug-likeness (QED) is 0.549. The van der Waals surface area contributed by atoms with Crippen molar-refractivity contribution in [1.29, 1.82) is 0 Å². The molecule has 0 radical (unpaired) electrons. The first-order chi connectivity index (χ1) is 15.2. The molecule has 0 spiro atoms. The zero-order valence-corrected chi connectivity index (χ0v) is 17.8. The smallest absolute Gasteiger partial charge is 0.292 e. The first kappa shape index (κ1) is 20.5. The van der Waals surface area contributed by atoms with E-state index in [-0.39, 0.29) is 6.04 Å². The molecule has 6 nitrogen and oxygen atoms in total. The SMILES string of the molecule is O=C(N[C@@H]1C[C@H]2CC[C@@H]1C2)C(=O)c1ccc(OCCN2CCOCC2)c2ccccc12. The number of ketones is 1. The summed E-state index contributed by atoms with van der Waals surface area (Å²) in [5, 5.41) is 4.65. The van der Waals surface area contributed by atoms with Crippen LogP contribution in [0.25, 0.3) is 10.8 Å². The Bertz CT molecular complexity index is 969. The Labute approximate surface area is 182 Å². The molecule has 0 unspecified atom stereocenters. The number of carbonyl (C=O) groups is 2. The number of hydrogen-bond donors (Lipinski definition) is 1. The number of Topliss-reactive ketones (excluding diaryl/α,β-unsaturated/α-hetero) is 1. The summed E-state index contributed by atoms with van der Waals surface area (Å²) >= 11 is 0. The Hall–Kier alpha value is -2.44. The number of ether oxygens (including phenoxy) is 2. The molecular weight excluding hydrogens is 392 g/mol. The normalized spacial score (nSPS) is 25.6. The van der Waals surface area contributed by atoms with Gasteiger partial charge in [0.15, 0.2) is 0 Å². The zero-order chi connectivity index (χ0) is 21.2. The minimum atomic E-state index is -0.483. The van der Waals surface area contributed by atoms with Crippen molar-refractivity contribution in [3.05, 3.63) is 42.0 Å². The third kappa shape index (κ3) is 4.32. The van der Waals surface area contributed by atoms with Crippen LogP contribution in [0.4, 0.5) is 0 Å². The van der Waals surface area contributed by atoms with E-state index >= 15 is 0 Å². The van der Waals surface area contributed by atoms with E-state index in [1.807, 2.05) is 30.3 Å². The fourth-order valence-electron chi connectivity index (χ4n) is 5.48.